The van der Waals surface area contributed by atoms with E-state index in [9.17, 15) is 0 Å². The number of nitrogens with one attached hydrogen (secondary N) is 1. The molecular weight excluding hydrogens is 222 g/mol. The predicted octanol–water partition coefficient (Wildman–Crippen LogP) is 2.77. The summed E-state index contributed by atoms with van der Waals surface area (Å²) in [4.78, 5) is 9.34. The normalized spacial score (nSPS) is 21.0. The van der Waals surface area contributed by atoms with Crippen LogP contribution >= 0.6 is 0 Å². The van der Waals surface area contributed by atoms with Crippen molar-refractivity contribution in [2.45, 2.75) is 64.8 Å². The Balaban J connectivity index is 2.14. The van der Waals surface area contributed by atoms with E-state index in [0.29, 0.717) is 6.04 Å². The molecule has 1 atom stereocenters. The zero-order chi connectivity index (χ0) is 13.2. The number of hydrogen-bond donors (Lipinski definition) is 1. The molecule has 0 spiro atoms. The van der Waals surface area contributed by atoms with E-state index in [-0.39, 0.29) is 5.41 Å². The van der Waals surface area contributed by atoms with Gasteiger partial charge in [0, 0.05) is 29.3 Å². The molecule has 0 saturated carbocycles. The lowest BCUT2D eigenvalue weighted by molar-refractivity contribution is 0.393. The van der Waals surface area contributed by atoms with Crippen LogP contribution in [-0.4, -0.2) is 22.6 Å². The summed E-state index contributed by atoms with van der Waals surface area (Å²) in [7, 11) is 0. The SMILES string of the molecule is Cc1cc(C(C)(C)C)nc(CC2CCCCN2)n1. The first kappa shape index (κ1) is 13.5. The minimum absolute atomic E-state index is 0.0996. The second-order valence-electron chi connectivity index (χ2n) is 6.41. The van der Waals surface area contributed by atoms with Gasteiger partial charge in [-0.2, -0.15) is 0 Å². The molecule has 18 heavy (non-hydrogen) atoms. The number of nitrogens with zero attached hydrogens (tertiary/aromatic N) is 2. The minimum Gasteiger partial charge on any atom is -0.314 e. The number of aromatic nitrogens is 2. The van der Waals surface area contributed by atoms with E-state index < -0.39 is 0 Å². The van der Waals surface area contributed by atoms with E-state index in [2.05, 4.69) is 44.1 Å². The van der Waals surface area contributed by atoms with Gasteiger partial charge in [0.15, 0.2) is 0 Å². The Hall–Kier alpha value is -0.960. The lowest BCUT2D eigenvalue weighted by Crippen LogP contribution is -2.36. The molecular formula is C15H25N3. The van der Waals surface area contributed by atoms with E-state index in [4.69, 9.17) is 4.98 Å². The summed E-state index contributed by atoms with van der Waals surface area (Å²) in [5, 5.41) is 3.57. The summed E-state index contributed by atoms with van der Waals surface area (Å²) in [6, 6.07) is 2.67. The maximum absolute atomic E-state index is 4.75. The van der Waals surface area contributed by atoms with Gasteiger partial charge >= 0.3 is 0 Å². The fraction of sp³-hybridized carbons (Fsp3) is 0.733. The van der Waals surface area contributed by atoms with Crippen molar-refractivity contribution in [2.24, 2.45) is 0 Å². The molecule has 2 heterocycles. The van der Waals surface area contributed by atoms with Gasteiger partial charge < -0.3 is 5.32 Å². The maximum Gasteiger partial charge on any atom is 0.130 e. The molecule has 3 heteroatoms. The van der Waals surface area contributed by atoms with Gasteiger partial charge in [0.1, 0.15) is 5.82 Å². The summed E-state index contributed by atoms with van der Waals surface area (Å²) < 4.78 is 0. The van der Waals surface area contributed by atoms with E-state index in [0.717, 1.165) is 30.2 Å². The molecule has 1 aliphatic rings. The van der Waals surface area contributed by atoms with Gasteiger partial charge in [0.25, 0.3) is 0 Å². The molecule has 1 aromatic rings. The lowest BCUT2D eigenvalue weighted by atomic mass is 9.91. The van der Waals surface area contributed by atoms with Crippen molar-refractivity contribution in [3.05, 3.63) is 23.3 Å². The van der Waals surface area contributed by atoms with Crippen LogP contribution in [0.3, 0.4) is 0 Å². The molecule has 0 aromatic carbocycles. The Morgan fingerprint density at radius 3 is 2.67 bits per heavy atom. The summed E-state index contributed by atoms with van der Waals surface area (Å²) >= 11 is 0. The fourth-order valence-corrected chi connectivity index (χ4v) is 2.42. The Labute approximate surface area is 110 Å². The number of aryl methyl sites for hydroxylation is 1. The standard InChI is InChI=1S/C15H25N3/c1-11-9-13(15(2,3)4)18-14(17-11)10-12-7-5-6-8-16-12/h9,12,16H,5-8,10H2,1-4H3. The van der Waals surface area contributed by atoms with Crippen molar-refractivity contribution < 1.29 is 0 Å². The highest BCUT2D eigenvalue weighted by Gasteiger charge is 2.19. The van der Waals surface area contributed by atoms with Crippen LogP contribution in [0.4, 0.5) is 0 Å². The van der Waals surface area contributed by atoms with Crippen LogP contribution in [0.1, 0.15) is 57.2 Å². The van der Waals surface area contributed by atoms with Crippen LogP contribution < -0.4 is 5.32 Å². The fourth-order valence-electron chi connectivity index (χ4n) is 2.42. The van der Waals surface area contributed by atoms with E-state index >= 15 is 0 Å². The van der Waals surface area contributed by atoms with Crippen molar-refractivity contribution in [1.29, 1.82) is 0 Å². The van der Waals surface area contributed by atoms with Gasteiger partial charge in [-0.3, -0.25) is 0 Å². The van der Waals surface area contributed by atoms with Crippen LogP contribution in [0, 0.1) is 6.92 Å². The van der Waals surface area contributed by atoms with Gasteiger partial charge in [0.05, 0.1) is 0 Å². The van der Waals surface area contributed by atoms with Gasteiger partial charge in [0.2, 0.25) is 0 Å². The molecule has 0 aliphatic carbocycles. The highest BCUT2D eigenvalue weighted by Crippen LogP contribution is 2.21. The monoisotopic (exact) mass is 247 g/mol. The molecule has 3 nitrogen and oxygen atoms in total. The molecule has 0 amide bonds. The summed E-state index contributed by atoms with van der Waals surface area (Å²) in [5.41, 5.74) is 2.34. The Morgan fingerprint density at radius 1 is 1.28 bits per heavy atom. The van der Waals surface area contributed by atoms with Crippen molar-refractivity contribution in [2.75, 3.05) is 6.54 Å². The molecule has 2 rings (SSSR count). The van der Waals surface area contributed by atoms with Crippen LogP contribution in [0.2, 0.25) is 0 Å². The molecule has 0 radical (unpaired) electrons. The largest absolute Gasteiger partial charge is 0.314 e. The van der Waals surface area contributed by atoms with Gasteiger partial charge in [-0.05, 0) is 32.4 Å². The van der Waals surface area contributed by atoms with Gasteiger partial charge in [-0.1, -0.05) is 27.2 Å². The van der Waals surface area contributed by atoms with E-state index in [1.807, 2.05) is 0 Å². The zero-order valence-electron chi connectivity index (χ0n) is 12.1. The minimum atomic E-state index is 0.0996. The van der Waals surface area contributed by atoms with Crippen LogP contribution in [0.5, 0.6) is 0 Å². The smallest absolute Gasteiger partial charge is 0.130 e. The van der Waals surface area contributed by atoms with Crippen LogP contribution in [-0.2, 0) is 11.8 Å². The Kier molecular flexibility index (Phi) is 4.00. The van der Waals surface area contributed by atoms with Crippen molar-refractivity contribution in [1.82, 2.24) is 15.3 Å². The van der Waals surface area contributed by atoms with Gasteiger partial charge in [-0.15, -0.1) is 0 Å². The summed E-state index contributed by atoms with van der Waals surface area (Å²) in [6.45, 7) is 9.82. The Morgan fingerprint density at radius 2 is 2.06 bits per heavy atom. The quantitative estimate of drug-likeness (QED) is 0.873. The third-order valence-electron chi connectivity index (χ3n) is 3.51. The first-order valence-electron chi connectivity index (χ1n) is 7.03. The van der Waals surface area contributed by atoms with Crippen molar-refractivity contribution >= 4 is 0 Å². The third-order valence-corrected chi connectivity index (χ3v) is 3.51. The second-order valence-corrected chi connectivity index (χ2v) is 6.41. The van der Waals surface area contributed by atoms with E-state index in [1.54, 1.807) is 0 Å². The molecule has 1 aromatic heterocycles. The first-order valence-corrected chi connectivity index (χ1v) is 7.03. The zero-order valence-corrected chi connectivity index (χ0v) is 12.1. The Bertz CT molecular complexity index is 401. The second kappa shape index (κ2) is 5.35. The molecule has 1 unspecified atom stereocenters. The van der Waals surface area contributed by atoms with Crippen molar-refractivity contribution in [3.8, 4) is 0 Å². The third kappa shape index (κ3) is 3.52. The maximum atomic E-state index is 4.75. The topological polar surface area (TPSA) is 37.8 Å². The highest BCUT2D eigenvalue weighted by atomic mass is 15.0. The number of rotatable bonds is 2. The van der Waals surface area contributed by atoms with Crippen LogP contribution in [0.25, 0.3) is 0 Å². The van der Waals surface area contributed by atoms with Gasteiger partial charge in [-0.25, -0.2) is 9.97 Å². The number of hydrogen-bond acceptors (Lipinski definition) is 3. The van der Waals surface area contributed by atoms with Crippen molar-refractivity contribution in [3.63, 3.8) is 0 Å². The molecule has 1 N–H and O–H groups in total. The summed E-state index contributed by atoms with van der Waals surface area (Å²) in [6.07, 6.45) is 4.85. The summed E-state index contributed by atoms with van der Waals surface area (Å²) in [5.74, 6) is 0.999. The lowest BCUT2D eigenvalue weighted by Gasteiger charge is -2.24. The van der Waals surface area contributed by atoms with E-state index in [1.165, 1.54) is 19.3 Å². The molecule has 0 bridgehead atoms. The molecule has 100 valence electrons. The molecule has 1 fully saturated rings. The first-order chi connectivity index (χ1) is 8.45. The molecule has 1 saturated heterocycles. The highest BCUT2D eigenvalue weighted by molar-refractivity contribution is 5.17. The average Bonchev–Trinajstić information content (AvgIpc) is 2.28. The molecule has 1 aliphatic heterocycles. The average molecular weight is 247 g/mol. The van der Waals surface area contributed by atoms with Crippen LogP contribution in [0.15, 0.2) is 6.07 Å². The number of piperidine rings is 1. The predicted molar refractivity (Wildman–Crippen MR) is 74.8 cm³/mol.